The minimum absolute atomic E-state index is 0.0816. The van der Waals surface area contributed by atoms with Gasteiger partial charge in [-0.05, 0) is 74.1 Å². The average Bonchev–Trinajstić information content (AvgIpc) is 3.04. The molecular formula is C35H45N3O5S. The van der Waals surface area contributed by atoms with Crippen LogP contribution in [-0.2, 0) is 32.6 Å². The molecule has 236 valence electrons. The Bertz CT molecular complexity index is 1500. The summed E-state index contributed by atoms with van der Waals surface area (Å²) in [7, 11) is -2.53. The first-order chi connectivity index (χ1) is 21.2. The van der Waals surface area contributed by atoms with E-state index >= 15 is 0 Å². The molecule has 1 N–H and O–H groups in total. The molecule has 1 unspecified atom stereocenters. The number of amides is 2. The number of hydrogen-bond donors (Lipinski definition) is 1. The van der Waals surface area contributed by atoms with Crippen LogP contribution in [0.4, 0.5) is 5.69 Å². The topological polar surface area (TPSA) is 96.0 Å². The molecule has 0 heterocycles. The van der Waals surface area contributed by atoms with Crippen LogP contribution < -0.4 is 14.4 Å². The summed E-state index contributed by atoms with van der Waals surface area (Å²) < 4.78 is 34.9. The number of benzene rings is 3. The number of rotatable bonds is 13. The highest BCUT2D eigenvalue weighted by Gasteiger charge is 2.35. The molecule has 1 saturated carbocycles. The maximum Gasteiger partial charge on any atom is 0.264 e. The smallest absolute Gasteiger partial charge is 0.264 e. The van der Waals surface area contributed by atoms with Crippen molar-refractivity contribution in [3.05, 3.63) is 89.5 Å². The third-order valence-electron chi connectivity index (χ3n) is 8.38. The summed E-state index contributed by atoms with van der Waals surface area (Å²) in [4.78, 5) is 29.8. The molecule has 1 aliphatic rings. The molecule has 0 radical (unpaired) electrons. The lowest BCUT2D eigenvalue weighted by atomic mass is 9.95. The van der Waals surface area contributed by atoms with E-state index in [4.69, 9.17) is 4.74 Å². The molecular weight excluding hydrogens is 574 g/mol. The van der Waals surface area contributed by atoms with Crippen LogP contribution in [0.1, 0.15) is 69.1 Å². The SMILES string of the molecule is CCc1ccccc1N(CC(=O)N(Cc1ccc(OC)cc1)C(CC)C(=O)NC1CCCCC1)S(=O)(=O)c1ccc(C)cc1. The normalized spacial score (nSPS) is 14.5. The summed E-state index contributed by atoms with van der Waals surface area (Å²) in [5.41, 5.74) is 3.00. The maximum atomic E-state index is 14.4. The van der Waals surface area contributed by atoms with Gasteiger partial charge in [-0.1, -0.05) is 81.1 Å². The number of anilines is 1. The van der Waals surface area contributed by atoms with Gasteiger partial charge in [0.1, 0.15) is 18.3 Å². The van der Waals surface area contributed by atoms with Gasteiger partial charge in [0.15, 0.2) is 0 Å². The van der Waals surface area contributed by atoms with Gasteiger partial charge in [0.05, 0.1) is 17.7 Å². The molecule has 0 bridgehead atoms. The second-order valence-corrected chi connectivity index (χ2v) is 13.3. The van der Waals surface area contributed by atoms with Crippen molar-refractivity contribution >= 4 is 27.5 Å². The lowest BCUT2D eigenvalue weighted by Gasteiger charge is -2.35. The van der Waals surface area contributed by atoms with Crippen LogP contribution in [0.15, 0.2) is 77.7 Å². The zero-order valence-corrected chi connectivity index (χ0v) is 27.1. The molecule has 3 aromatic rings. The van der Waals surface area contributed by atoms with Gasteiger partial charge in [-0.2, -0.15) is 0 Å². The first-order valence-corrected chi connectivity index (χ1v) is 17.0. The largest absolute Gasteiger partial charge is 0.497 e. The lowest BCUT2D eigenvalue weighted by Crippen LogP contribution is -2.54. The molecule has 0 aliphatic heterocycles. The van der Waals surface area contributed by atoms with Gasteiger partial charge in [0, 0.05) is 12.6 Å². The number of methoxy groups -OCH3 is 1. The summed E-state index contributed by atoms with van der Waals surface area (Å²) in [6, 6.07) is 20.5. The third kappa shape index (κ3) is 8.00. The van der Waals surface area contributed by atoms with Crippen LogP contribution in [0.25, 0.3) is 0 Å². The number of nitrogens with one attached hydrogen (secondary N) is 1. The number of sulfonamides is 1. The van der Waals surface area contributed by atoms with Crippen molar-refractivity contribution in [2.75, 3.05) is 18.0 Å². The summed E-state index contributed by atoms with van der Waals surface area (Å²) >= 11 is 0. The number of hydrogen-bond acceptors (Lipinski definition) is 5. The van der Waals surface area contributed by atoms with Crippen molar-refractivity contribution in [2.45, 2.75) is 89.2 Å². The Morgan fingerprint density at radius 2 is 1.59 bits per heavy atom. The van der Waals surface area contributed by atoms with Crippen LogP contribution in [0.3, 0.4) is 0 Å². The molecule has 44 heavy (non-hydrogen) atoms. The maximum absolute atomic E-state index is 14.4. The van der Waals surface area contributed by atoms with Crippen LogP contribution >= 0.6 is 0 Å². The Morgan fingerprint density at radius 1 is 0.932 bits per heavy atom. The standard InChI is InChI=1S/C35H45N3O5S/c1-5-28-12-10-11-15-33(28)38(44(41,42)31-22-16-26(3)17-23-31)25-34(39)37(24-27-18-20-30(43-4)21-19-27)32(6-2)35(40)36-29-13-8-7-9-14-29/h10-12,15-23,29,32H,5-9,13-14,24-25H2,1-4H3,(H,36,40). The van der Waals surface area contributed by atoms with Gasteiger partial charge in [-0.3, -0.25) is 13.9 Å². The van der Waals surface area contributed by atoms with Crippen molar-refractivity contribution in [1.29, 1.82) is 0 Å². The first-order valence-electron chi connectivity index (χ1n) is 15.6. The molecule has 1 fully saturated rings. The molecule has 0 aromatic heterocycles. The highest BCUT2D eigenvalue weighted by molar-refractivity contribution is 7.92. The van der Waals surface area contributed by atoms with Crippen molar-refractivity contribution < 1.29 is 22.7 Å². The number of carbonyl (C=O) groups is 2. The summed E-state index contributed by atoms with van der Waals surface area (Å²) in [5.74, 6) is 0.0245. The molecule has 9 heteroatoms. The Morgan fingerprint density at radius 3 is 2.20 bits per heavy atom. The Labute approximate surface area is 262 Å². The Hall–Kier alpha value is -3.85. The third-order valence-corrected chi connectivity index (χ3v) is 10.2. The number of para-hydroxylation sites is 1. The summed E-state index contributed by atoms with van der Waals surface area (Å²) in [6.45, 7) is 5.43. The fourth-order valence-corrected chi connectivity index (χ4v) is 7.25. The second-order valence-electron chi connectivity index (χ2n) is 11.4. The number of nitrogens with zero attached hydrogens (tertiary/aromatic N) is 2. The van der Waals surface area contributed by atoms with Crippen molar-refractivity contribution in [1.82, 2.24) is 10.2 Å². The lowest BCUT2D eigenvalue weighted by molar-refractivity contribution is -0.140. The van der Waals surface area contributed by atoms with E-state index in [0.717, 1.165) is 48.8 Å². The van der Waals surface area contributed by atoms with E-state index in [1.165, 1.54) is 9.21 Å². The van der Waals surface area contributed by atoms with Crippen LogP contribution in [-0.4, -0.2) is 50.9 Å². The van der Waals surface area contributed by atoms with Crippen molar-refractivity contribution in [3.63, 3.8) is 0 Å². The van der Waals surface area contributed by atoms with Gasteiger partial charge in [-0.15, -0.1) is 0 Å². The first kappa shape index (κ1) is 33.1. The van der Waals surface area contributed by atoms with Gasteiger partial charge < -0.3 is 15.0 Å². The quantitative estimate of drug-likeness (QED) is 0.253. The van der Waals surface area contributed by atoms with Crippen LogP contribution in [0.5, 0.6) is 5.75 Å². The predicted molar refractivity (Wildman–Crippen MR) is 174 cm³/mol. The minimum Gasteiger partial charge on any atom is -0.497 e. The molecule has 8 nitrogen and oxygen atoms in total. The summed E-state index contributed by atoms with van der Waals surface area (Å²) in [6.07, 6.45) is 6.11. The number of carbonyl (C=O) groups excluding carboxylic acids is 2. The van der Waals surface area contributed by atoms with Crippen molar-refractivity contribution in [2.24, 2.45) is 0 Å². The summed E-state index contributed by atoms with van der Waals surface area (Å²) in [5, 5.41) is 3.19. The Kier molecular flexibility index (Phi) is 11.4. The number of aryl methyl sites for hydroxylation is 2. The molecule has 0 saturated heterocycles. The van der Waals surface area contributed by atoms with Gasteiger partial charge in [0.2, 0.25) is 11.8 Å². The van der Waals surface area contributed by atoms with E-state index in [-0.39, 0.29) is 23.4 Å². The second kappa shape index (κ2) is 15.2. The van der Waals surface area contributed by atoms with Gasteiger partial charge in [0.25, 0.3) is 10.0 Å². The molecule has 2 amide bonds. The van der Waals surface area contributed by atoms with E-state index < -0.39 is 28.5 Å². The van der Waals surface area contributed by atoms with Crippen molar-refractivity contribution in [3.8, 4) is 5.75 Å². The van der Waals surface area contributed by atoms with Crippen LogP contribution in [0.2, 0.25) is 0 Å². The molecule has 3 aromatic carbocycles. The molecule has 0 spiro atoms. The number of ether oxygens (including phenoxy) is 1. The fourth-order valence-electron chi connectivity index (χ4n) is 5.80. The van der Waals surface area contributed by atoms with E-state index in [1.807, 2.05) is 57.2 Å². The predicted octanol–water partition coefficient (Wildman–Crippen LogP) is 6.02. The Balaban J connectivity index is 1.73. The van der Waals surface area contributed by atoms with Gasteiger partial charge >= 0.3 is 0 Å². The van der Waals surface area contributed by atoms with Crippen LogP contribution in [0, 0.1) is 6.92 Å². The zero-order chi connectivity index (χ0) is 31.7. The highest BCUT2D eigenvalue weighted by atomic mass is 32.2. The zero-order valence-electron chi connectivity index (χ0n) is 26.3. The van der Waals surface area contributed by atoms with E-state index in [0.29, 0.717) is 24.3 Å². The van der Waals surface area contributed by atoms with E-state index in [1.54, 1.807) is 43.5 Å². The minimum atomic E-state index is -4.12. The molecule has 1 atom stereocenters. The highest BCUT2D eigenvalue weighted by Crippen LogP contribution is 2.29. The average molecular weight is 620 g/mol. The molecule has 4 rings (SSSR count). The van der Waals surface area contributed by atoms with Gasteiger partial charge in [-0.25, -0.2) is 8.42 Å². The monoisotopic (exact) mass is 619 g/mol. The fraction of sp³-hybridized carbons (Fsp3) is 0.429. The van der Waals surface area contributed by atoms with E-state index in [2.05, 4.69) is 5.32 Å². The molecule has 1 aliphatic carbocycles. The van der Waals surface area contributed by atoms with E-state index in [9.17, 15) is 18.0 Å².